The highest BCUT2D eigenvalue weighted by Crippen LogP contribution is 2.43. The van der Waals surface area contributed by atoms with E-state index in [1.54, 1.807) is 7.11 Å². The van der Waals surface area contributed by atoms with E-state index >= 15 is 0 Å². The van der Waals surface area contributed by atoms with E-state index in [4.69, 9.17) is 4.74 Å². The fourth-order valence-electron chi connectivity index (χ4n) is 5.02. The van der Waals surface area contributed by atoms with Gasteiger partial charge in [0.2, 0.25) is 5.52 Å². The predicted molar refractivity (Wildman–Crippen MR) is 116 cm³/mol. The molecule has 0 saturated heterocycles. The summed E-state index contributed by atoms with van der Waals surface area (Å²) in [5, 5.41) is 6.37. The molecule has 0 aliphatic heterocycles. The molecule has 3 nitrogen and oxygen atoms in total. The largest absolute Gasteiger partial charge is 0.496 e. The molecule has 0 saturated carbocycles. The number of aryl methyl sites for hydroxylation is 3. The summed E-state index contributed by atoms with van der Waals surface area (Å²) >= 11 is 0. The molecule has 0 aliphatic carbocycles. The van der Waals surface area contributed by atoms with Gasteiger partial charge in [0, 0.05) is 16.8 Å². The lowest BCUT2D eigenvalue weighted by Gasteiger charge is -2.13. The summed E-state index contributed by atoms with van der Waals surface area (Å²) in [7, 11) is 3.91. The highest BCUT2D eigenvalue weighted by molar-refractivity contribution is 6.26. The lowest BCUT2D eigenvalue weighted by molar-refractivity contribution is -0.643. The van der Waals surface area contributed by atoms with Crippen molar-refractivity contribution in [3.05, 3.63) is 65.9 Å². The van der Waals surface area contributed by atoms with Crippen LogP contribution >= 0.6 is 0 Å². The van der Waals surface area contributed by atoms with Gasteiger partial charge in [0.05, 0.1) is 34.4 Å². The van der Waals surface area contributed by atoms with Gasteiger partial charge in [-0.05, 0) is 54.6 Å². The second-order valence-corrected chi connectivity index (χ2v) is 7.80. The van der Waals surface area contributed by atoms with Crippen LogP contribution in [0.15, 0.2) is 54.7 Å². The normalized spacial score (nSPS) is 12.3. The van der Waals surface area contributed by atoms with Crippen LogP contribution in [0.3, 0.4) is 0 Å². The van der Waals surface area contributed by atoms with Crippen molar-refractivity contribution >= 4 is 49.0 Å². The first kappa shape index (κ1) is 15.7. The first-order valence-electron chi connectivity index (χ1n) is 9.65. The second-order valence-electron chi connectivity index (χ2n) is 7.80. The van der Waals surface area contributed by atoms with Crippen LogP contribution in [0.25, 0.3) is 49.0 Å². The van der Waals surface area contributed by atoms with Crippen LogP contribution in [0, 0.1) is 13.8 Å². The Morgan fingerprint density at radius 2 is 1.64 bits per heavy atom. The van der Waals surface area contributed by atoms with E-state index in [9.17, 15) is 0 Å². The van der Waals surface area contributed by atoms with Crippen molar-refractivity contribution in [2.75, 3.05) is 7.11 Å². The Morgan fingerprint density at radius 1 is 0.893 bits per heavy atom. The van der Waals surface area contributed by atoms with Gasteiger partial charge in [0.15, 0.2) is 6.20 Å². The Kier molecular flexibility index (Phi) is 2.88. The first-order valence-corrected chi connectivity index (χ1v) is 9.65. The van der Waals surface area contributed by atoms with Crippen molar-refractivity contribution in [1.82, 2.24) is 4.40 Å². The Hall–Kier alpha value is -3.33. The van der Waals surface area contributed by atoms with Crippen LogP contribution in [-0.2, 0) is 7.05 Å². The first-order chi connectivity index (χ1) is 13.6. The number of ether oxygens (including phenoxy) is 1. The minimum atomic E-state index is 0.929. The molecule has 0 atom stereocenters. The highest BCUT2D eigenvalue weighted by Gasteiger charge is 2.25. The third-order valence-corrected chi connectivity index (χ3v) is 6.40. The van der Waals surface area contributed by atoms with Gasteiger partial charge in [-0.15, -0.1) is 0 Å². The monoisotopic (exact) mass is 365 g/mol. The Morgan fingerprint density at radius 3 is 2.43 bits per heavy atom. The molecule has 136 valence electrons. The minimum Gasteiger partial charge on any atom is -0.496 e. The smallest absolute Gasteiger partial charge is 0.224 e. The molecule has 6 aromatic rings. The number of methoxy groups -OCH3 is 1. The van der Waals surface area contributed by atoms with Gasteiger partial charge in [0.25, 0.3) is 0 Å². The zero-order chi connectivity index (χ0) is 19.2. The highest BCUT2D eigenvalue weighted by atomic mass is 16.5. The molecule has 0 aliphatic rings. The predicted octanol–water partition coefficient (Wildman–Crippen LogP) is 5.44. The molecule has 3 heteroatoms. The van der Waals surface area contributed by atoms with Crippen LogP contribution in [0.5, 0.6) is 5.75 Å². The fraction of sp³-hybridized carbons (Fsp3) is 0.160. The SMILES string of the molecule is COc1cccc2c1c1cc(C)c(C)c3c1n2c1cccc2cc[n+](C)c3c21. The summed E-state index contributed by atoms with van der Waals surface area (Å²) in [5.74, 6) is 0.929. The zero-order valence-electron chi connectivity index (χ0n) is 16.5. The van der Waals surface area contributed by atoms with Crippen molar-refractivity contribution in [2.24, 2.45) is 7.05 Å². The number of pyridine rings is 2. The fourth-order valence-corrected chi connectivity index (χ4v) is 5.02. The second kappa shape index (κ2) is 5.14. The lowest BCUT2D eigenvalue weighted by atomic mass is 9.96. The molecule has 0 bridgehead atoms. The van der Waals surface area contributed by atoms with Crippen LogP contribution in [0.2, 0.25) is 0 Å². The van der Waals surface area contributed by atoms with Crippen LogP contribution < -0.4 is 9.30 Å². The molecule has 0 N–H and O–H groups in total. The molecule has 0 unspecified atom stereocenters. The van der Waals surface area contributed by atoms with Gasteiger partial charge >= 0.3 is 0 Å². The summed E-state index contributed by atoms with van der Waals surface area (Å²) in [6.45, 7) is 4.46. The van der Waals surface area contributed by atoms with Gasteiger partial charge in [-0.2, -0.15) is 0 Å². The van der Waals surface area contributed by atoms with Gasteiger partial charge < -0.3 is 9.14 Å². The number of hydrogen-bond donors (Lipinski definition) is 0. The van der Waals surface area contributed by atoms with Gasteiger partial charge in [-0.25, -0.2) is 4.57 Å². The Bertz CT molecular complexity index is 1570. The summed E-state index contributed by atoms with van der Waals surface area (Å²) in [6.07, 6.45) is 2.17. The summed E-state index contributed by atoms with van der Waals surface area (Å²) < 4.78 is 10.5. The van der Waals surface area contributed by atoms with Crippen molar-refractivity contribution in [3.8, 4) is 5.75 Å². The van der Waals surface area contributed by atoms with Gasteiger partial charge in [-0.1, -0.05) is 18.2 Å². The molecular formula is C25H21N2O+. The number of hydrogen-bond acceptors (Lipinski definition) is 1. The van der Waals surface area contributed by atoms with Gasteiger partial charge in [-0.3, -0.25) is 0 Å². The number of rotatable bonds is 1. The van der Waals surface area contributed by atoms with Crippen LogP contribution in [0.4, 0.5) is 0 Å². The molecular weight excluding hydrogens is 344 g/mol. The van der Waals surface area contributed by atoms with Crippen molar-refractivity contribution in [1.29, 1.82) is 0 Å². The molecule has 3 heterocycles. The molecule has 0 radical (unpaired) electrons. The maximum absolute atomic E-state index is 5.78. The van der Waals surface area contributed by atoms with E-state index in [1.165, 1.54) is 60.1 Å². The third-order valence-electron chi connectivity index (χ3n) is 6.40. The lowest BCUT2D eigenvalue weighted by Crippen LogP contribution is -2.29. The van der Waals surface area contributed by atoms with Crippen LogP contribution in [-0.4, -0.2) is 11.5 Å². The van der Waals surface area contributed by atoms with E-state index in [0.29, 0.717) is 0 Å². The molecule has 0 spiro atoms. The molecule has 6 rings (SSSR count). The molecule has 0 fully saturated rings. The quantitative estimate of drug-likeness (QED) is 0.215. The zero-order valence-corrected chi connectivity index (χ0v) is 16.5. The van der Waals surface area contributed by atoms with E-state index in [2.05, 4.69) is 84.6 Å². The maximum Gasteiger partial charge on any atom is 0.224 e. The summed E-state index contributed by atoms with van der Waals surface area (Å²) in [6, 6.07) is 17.5. The van der Waals surface area contributed by atoms with Crippen molar-refractivity contribution in [3.63, 3.8) is 0 Å². The van der Waals surface area contributed by atoms with Crippen LogP contribution in [0.1, 0.15) is 11.1 Å². The Labute approximate surface area is 162 Å². The summed E-state index contributed by atoms with van der Waals surface area (Å²) in [5.41, 5.74) is 7.67. The van der Waals surface area contributed by atoms with E-state index < -0.39 is 0 Å². The topological polar surface area (TPSA) is 17.5 Å². The molecule has 3 aromatic heterocycles. The van der Waals surface area contributed by atoms with Crippen molar-refractivity contribution < 1.29 is 9.30 Å². The van der Waals surface area contributed by atoms with Gasteiger partial charge in [0.1, 0.15) is 12.8 Å². The molecule has 0 amide bonds. The number of fused-ring (bicyclic) bond motifs is 5. The average molecular weight is 365 g/mol. The van der Waals surface area contributed by atoms with E-state index in [1.807, 2.05) is 0 Å². The third kappa shape index (κ3) is 1.68. The van der Waals surface area contributed by atoms with E-state index in [0.717, 1.165) is 5.75 Å². The van der Waals surface area contributed by atoms with E-state index in [-0.39, 0.29) is 0 Å². The molecule has 28 heavy (non-hydrogen) atoms. The number of aromatic nitrogens is 2. The Balaban J connectivity index is 2.14. The number of benzene rings is 3. The minimum absolute atomic E-state index is 0.929. The standard InChI is InChI=1S/C25H21N2O/c1-14-13-17-23-19(9-6-10-20(23)28-4)27-18-8-5-7-16-11-12-26(3)25(22(16)18)21(15(14)2)24(17)27/h5-13H,1-4H3/q+1. The summed E-state index contributed by atoms with van der Waals surface area (Å²) in [4.78, 5) is 0. The maximum atomic E-state index is 5.78. The van der Waals surface area contributed by atoms with Crippen molar-refractivity contribution in [2.45, 2.75) is 13.8 Å². The number of nitrogens with zero attached hydrogens (tertiary/aromatic N) is 2. The molecule has 3 aromatic carbocycles. The average Bonchev–Trinajstić information content (AvgIpc) is 3.04.